The van der Waals surface area contributed by atoms with Crippen molar-refractivity contribution in [2.24, 2.45) is 5.16 Å². The van der Waals surface area contributed by atoms with Crippen molar-refractivity contribution in [1.82, 2.24) is 0 Å². The Kier molecular flexibility index (Phi) is 5.35. The van der Waals surface area contributed by atoms with Crippen LogP contribution >= 0.6 is 11.6 Å². The van der Waals surface area contributed by atoms with Gasteiger partial charge in [0.05, 0.1) is 34.3 Å². The molecule has 0 amide bonds. The van der Waals surface area contributed by atoms with Crippen LogP contribution in [0.1, 0.15) is 5.56 Å². The first-order valence-electron chi connectivity index (χ1n) is 6.53. The Hall–Kier alpha value is -3.40. The second-order valence-electron chi connectivity index (χ2n) is 4.55. The predicted molar refractivity (Wildman–Crippen MR) is 87.2 cm³/mol. The van der Waals surface area contributed by atoms with Crippen molar-refractivity contribution in [2.45, 2.75) is 0 Å². The Morgan fingerprint density at radius 1 is 1.16 bits per heavy atom. The fourth-order valence-electron chi connectivity index (χ4n) is 1.94. The molecule has 10 nitrogen and oxygen atoms in total. The average Bonchev–Trinajstić information content (AvgIpc) is 2.57. The molecular formula is C14H10ClN3O7. The van der Waals surface area contributed by atoms with E-state index in [4.69, 9.17) is 26.3 Å². The summed E-state index contributed by atoms with van der Waals surface area (Å²) < 4.78 is 10.6. The molecule has 2 aromatic rings. The van der Waals surface area contributed by atoms with Gasteiger partial charge in [-0.05, 0) is 18.2 Å². The summed E-state index contributed by atoms with van der Waals surface area (Å²) in [6.45, 7) is 0. The lowest BCUT2D eigenvalue weighted by molar-refractivity contribution is -0.394. The van der Waals surface area contributed by atoms with E-state index in [0.29, 0.717) is 5.56 Å². The number of methoxy groups -OCH3 is 1. The van der Waals surface area contributed by atoms with Gasteiger partial charge in [-0.3, -0.25) is 20.2 Å². The molecule has 0 heterocycles. The molecule has 2 aromatic carbocycles. The maximum Gasteiger partial charge on any atom is 0.318 e. The Labute approximate surface area is 145 Å². The Morgan fingerprint density at radius 3 is 2.44 bits per heavy atom. The zero-order chi connectivity index (χ0) is 18.6. The van der Waals surface area contributed by atoms with E-state index in [1.807, 2.05) is 0 Å². The van der Waals surface area contributed by atoms with Gasteiger partial charge in [0.25, 0.3) is 5.69 Å². The summed E-state index contributed by atoms with van der Waals surface area (Å²) in [5.74, 6) is -0.161. The summed E-state index contributed by atoms with van der Waals surface area (Å²) in [6, 6.07) is 5.75. The van der Waals surface area contributed by atoms with Crippen molar-refractivity contribution in [2.75, 3.05) is 7.11 Å². The molecule has 0 saturated carbocycles. The van der Waals surface area contributed by atoms with Gasteiger partial charge >= 0.3 is 5.69 Å². The molecule has 0 spiro atoms. The highest BCUT2D eigenvalue weighted by molar-refractivity contribution is 6.32. The van der Waals surface area contributed by atoms with Gasteiger partial charge in [-0.2, -0.15) is 0 Å². The van der Waals surface area contributed by atoms with Gasteiger partial charge in [0.1, 0.15) is 0 Å². The van der Waals surface area contributed by atoms with Gasteiger partial charge in [0.2, 0.25) is 5.75 Å². The third-order valence-electron chi connectivity index (χ3n) is 3.02. The van der Waals surface area contributed by atoms with E-state index in [-0.39, 0.29) is 22.3 Å². The van der Waals surface area contributed by atoms with Gasteiger partial charge < -0.3 is 14.7 Å². The van der Waals surface area contributed by atoms with Gasteiger partial charge in [-0.15, -0.1) is 0 Å². The largest absolute Gasteiger partial charge is 0.493 e. The number of benzene rings is 2. The Balaban J connectivity index is 2.52. The number of hydrogen-bond acceptors (Lipinski definition) is 8. The van der Waals surface area contributed by atoms with Crippen LogP contribution < -0.4 is 9.47 Å². The van der Waals surface area contributed by atoms with Crippen molar-refractivity contribution in [3.63, 3.8) is 0 Å². The van der Waals surface area contributed by atoms with E-state index in [2.05, 4.69) is 5.16 Å². The summed E-state index contributed by atoms with van der Waals surface area (Å²) in [7, 11) is 1.32. The van der Waals surface area contributed by atoms with Gasteiger partial charge in [0.15, 0.2) is 11.5 Å². The first kappa shape index (κ1) is 17.9. The topological polar surface area (TPSA) is 137 Å². The molecule has 0 aliphatic heterocycles. The van der Waals surface area contributed by atoms with Gasteiger partial charge in [-0.25, -0.2) is 0 Å². The lowest BCUT2D eigenvalue weighted by Crippen LogP contribution is -1.98. The summed E-state index contributed by atoms with van der Waals surface area (Å²) in [4.78, 5) is 20.4. The maximum atomic E-state index is 11.2. The average molecular weight is 368 g/mol. The van der Waals surface area contributed by atoms with E-state index < -0.39 is 21.2 Å². The summed E-state index contributed by atoms with van der Waals surface area (Å²) in [5.41, 5.74) is -0.658. The highest BCUT2D eigenvalue weighted by atomic mass is 35.5. The van der Waals surface area contributed by atoms with E-state index >= 15 is 0 Å². The van der Waals surface area contributed by atoms with Crippen molar-refractivity contribution < 1.29 is 24.5 Å². The van der Waals surface area contributed by atoms with Crippen molar-refractivity contribution in [1.29, 1.82) is 0 Å². The number of ether oxygens (including phenoxy) is 2. The molecule has 2 rings (SSSR count). The van der Waals surface area contributed by atoms with Crippen LogP contribution in [0.15, 0.2) is 35.5 Å². The van der Waals surface area contributed by atoms with E-state index in [1.54, 1.807) is 0 Å². The number of halogens is 1. The second kappa shape index (κ2) is 7.45. The SMILES string of the molecule is COc1cc(/C=N\O)cc(Cl)c1Oc1ccc([N+](=O)[O-])cc1[N+](=O)[O-]. The number of non-ortho nitro benzene ring substituents is 1. The van der Waals surface area contributed by atoms with Crippen LogP contribution in [0.5, 0.6) is 17.2 Å². The molecule has 0 unspecified atom stereocenters. The second-order valence-corrected chi connectivity index (χ2v) is 4.95. The monoisotopic (exact) mass is 367 g/mol. The minimum atomic E-state index is -0.810. The number of nitrogens with zero attached hydrogens (tertiary/aromatic N) is 3. The standard InChI is InChI=1S/C14H10ClN3O7/c1-24-13-5-8(7-16-19)4-10(15)14(13)25-12-3-2-9(17(20)21)6-11(12)18(22)23/h2-7,19H,1H3/b16-7-. The maximum absolute atomic E-state index is 11.2. The minimum absolute atomic E-state index is 0.0295. The summed E-state index contributed by atoms with van der Waals surface area (Å²) in [6.07, 6.45) is 1.10. The zero-order valence-electron chi connectivity index (χ0n) is 12.6. The molecule has 130 valence electrons. The molecule has 0 aliphatic rings. The summed E-state index contributed by atoms with van der Waals surface area (Å²) in [5, 5.41) is 33.4. The van der Waals surface area contributed by atoms with Crippen molar-refractivity contribution in [3.8, 4) is 17.2 Å². The van der Waals surface area contributed by atoms with Gasteiger partial charge in [-0.1, -0.05) is 16.8 Å². The fraction of sp³-hybridized carbons (Fsp3) is 0.0714. The molecule has 11 heteroatoms. The number of oxime groups is 1. The van der Waals surface area contributed by atoms with Crippen LogP contribution in [0.2, 0.25) is 5.02 Å². The third kappa shape index (κ3) is 3.93. The van der Waals surface area contributed by atoms with Crippen LogP contribution in [0, 0.1) is 20.2 Å². The molecule has 0 atom stereocenters. The quantitative estimate of drug-likeness (QED) is 0.355. The van der Waals surface area contributed by atoms with Crippen LogP contribution in [0.25, 0.3) is 0 Å². The lowest BCUT2D eigenvalue weighted by Gasteiger charge is -2.13. The molecule has 1 N–H and O–H groups in total. The van der Waals surface area contributed by atoms with Gasteiger partial charge in [0, 0.05) is 11.6 Å². The molecule has 0 saturated heterocycles. The normalized spacial score (nSPS) is 10.6. The van der Waals surface area contributed by atoms with Crippen LogP contribution in [-0.4, -0.2) is 28.4 Å². The van der Waals surface area contributed by atoms with E-state index in [0.717, 1.165) is 24.4 Å². The summed E-state index contributed by atoms with van der Waals surface area (Å²) >= 11 is 6.09. The molecule has 0 bridgehead atoms. The Morgan fingerprint density at radius 2 is 1.88 bits per heavy atom. The highest BCUT2D eigenvalue weighted by Gasteiger charge is 2.23. The van der Waals surface area contributed by atoms with Crippen LogP contribution in [0.3, 0.4) is 0 Å². The van der Waals surface area contributed by atoms with E-state index in [1.165, 1.54) is 19.2 Å². The number of nitro benzene ring substituents is 2. The number of nitro groups is 2. The van der Waals surface area contributed by atoms with Crippen molar-refractivity contribution >= 4 is 29.2 Å². The number of rotatable bonds is 6. The minimum Gasteiger partial charge on any atom is -0.493 e. The van der Waals surface area contributed by atoms with Crippen molar-refractivity contribution in [3.05, 3.63) is 61.1 Å². The first-order valence-corrected chi connectivity index (χ1v) is 6.90. The Bertz CT molecular complexity index is 870. The molecule has 0 aromatic heterocycles. The van der Waals surface area contributed by atoms with Crippen LogP contribution in [-0.2, 0) is 0 Å². The zero-order valence-corrected chi connectivity index (χ0v) is 13.3. The molecule has 0 aliphatic carbocycles. The third-order valence-corrected chi connectivity index (χ3v) is 3.30. The number of hydrogen-bond donors (Lipinski definition) is 1. The van der Waals surface area contributed by atoms with E-state index in [9.17, 15) is 20.2 Å². The fourth-order valence-corrected chi connectivity index (χ4v) is 2.20. The molecule has 0 radical (unpaired) electrons. The predicted octanol–water partition coefficient (Wildman–Crippen LogP) is 3.77. The molecule has 25 heavy (non-hydrogen) atoms. The molecular weight excluding hydrogens is 358 g/mol. The smallest absolute Gasteiger partial charge is 0.318 e. The highest BCUT2D eigenvalue weighted by Crippen LogP contribution is 2.42. The van der Waals surface area contributed by atoms with Crippen LogP contribution in [0.4, 0.5) is 11.4 Å². The molecule has 0 fully saturated rings. The first-order chi connectivity index (χ1) is 11.9. The lowest BCUT2D eigenvalue weighted by atomic mass is 10.2.